The monoisotopic (exact) mass is 404 g/mol. The zero-order valence-electron chi connectivity index (χ0n) is 16.2. The highest BCUT2D eigenvalue weighted by molar-refractivity contribution is 7.91. The van der Waals surface area contributed by atoms with Gasteiger partial charge in [-0.2, -0.15) is 0 Å². The molecule has 28 heavy (non-hydrogen) atoms. The van der Waals surface area contributed by atoms with E-state index in [4.69, 9.17) is 4.74 Å². The Morgan fingerprint density at radius 2 is 1.64 bits per heavy atom. The lowest BCUT2D eigenvalue weighted by Crippen LogP contribution is -2.49. The molecule has 1 unspecified atom stereocenters. The first-order valence-electron chi connectivity index (χ1n) is 9.64. The van der Waals surface area contributed by atoms with E-state index < -0.39 is 15.9 Å². The molecule has 2 aromatic rings. The van der Waals surface area contributed by atoms with Gasteiger partial charge in [-0.3, -0.25) is 4.90 Å². The van der Waals surface area contributed by atoms with Gasteiger partial charge < -0.3 is 14.7 Å². The molecule has 1 aliphatic heterocycles. The third-order valence-electron chi connectivity index (χ3n) is 4.97. The molecule has 0 aliphatic carbocycles. The van der Waals surface area contributed by atoms with Gasteiger partial charge in [-0.25, -0.2) is 8.42 Å². The number of nitrogens with zero attached hydrogens (tertiary/aromatic N) is 2. The topological polar surface area (TPSA) is 70.1 Å². The molecule has 6 nitrogen and oxygen atoms in total. The van der Waals surface area contributed by atoms with Gasteiger partial charge in [-0.05, 0) is 36.4 Å². The standard InChI is InChI=1S/C21H28N2O4S/c1-2-28(25,26)21-10-8-20(9-11-21)27-17-19(24)16-22-12-14-23(15-13-22)18-6-4-3-5-7-18/h3-11,19,24H,2,12-17H2,1H3. The minimum atomic E-state index is -3.21. The van der Waals surface area contributed by atoms with Crippen molar-refractivity contribution in [1.82, 2.24) is 4.90 Å². The third kappa shape index (κ3) is 5.47. The Kier molecular flexibility index (Phi) is 6.93. The van der Waals surface area contributed by atoms with Gasteiger partial charge in [-0.1, -0.05) is 25.1 Å². The number of hydrogen-bond acceptors (Lipinski definition) is 6. The van der Waals surface area contributed by atoms with Gasteiger partial charge in [0, 0.05) is 38.4 Å². The molecule has 7 heteroatoms. The largest absolute Gasteiger partial charge is 0.491 e. The molecule has 152 valence electrons. The minimum absolute atomic E-state index is 0.0729. The van der Waals surface area contributed by atoms with Gasteiger partial charge in [0.05, 0.1) is 10.6 Å². The zero-order chi connectivity index (χ0) is 20.0. The fourth-order valence-corrected chi connectivity index (χ4v) is 4.16. The van der Waals surface area contributed by atoms with Gasteiger partial charge in [0.1, 0.15) is 18.5 Å². The summed E-state index contributed by atoms with van der Waals surface area (Å²) in [6.45, 7) is 6.03. The predicted molar refractivity (Wildman–Crippen MR) is 111 cm³/mol. The molecule has 1 atom stereocenters. The normalized spacial score (nSPS) is 16.7. The quantitative estimate of drug-likeness (QED) is 0.726. The average molecular weight is 405 g/mol. The summed E-state index contributed by atoms with van der Waals surface area (Å²) in [5.41, 5.74) is 1.24. The molecule has 1 N–H and O–H groups in total. The van der Waals surface area contributed by atoms with E-state index in [0.717, 1.165) is 26.2 Å². The number of para-hydroxylation sites is 1. The van der Waals surface area contributed by atoms with E-state index in [1.165, 1.54) is 5.69 Å². The number of piperazine rings is 1. The van der Waals surface area contributed by atoms with Crippen molar-refractivity contribution in [1.29, 1.82) is 0 Å². The highest BCUT2D eigenvalue weighted by Crippen LogP contribution is 2.18. The highest BCUT2D eigenvalue weighted by atomic mass is 32.2. The van der Waals surface area contributed by atoms with E-state index in [9.17, 15) is 13.5 Å². The molecule has 3 rings (SSSR count). The Morgan fingerprint density at radius 3 is 2.25 bits per heavy atom. The third-order valence-corrected chi connectivity index (χ3v) is 6.72. The Morgan fingerprint density at radius 1 is 1.00 bits per heavy atom. The molecule has 1 saturated heterocycles. The first-order valence-corrected chi connectivity index (χ1v) is 11.3. The zero-order valence-corrected chi connectivity index (χ0v) is 17.0. The summed E-state index contributed by atoms with van der Waals surface area (Å²) in [4.78, 5) is 4.88. The summed E-state index contributed by atoms with van der Waals surface area (Å²) in [5, 5.41) is 10.3. The number of benzene rings is 2. The van der Waals surface area contributed by atoms with Gasteiger partial charge in [0.15, 0.2) is 9.84 Å². The van der Waals surface area contributed by atoms with Crippen molar-refractivity contribution in [3.63, 3.8) is 0 Å². The van der Waals surface area contributed by atoms with E-state index in [0.29, 0.717) is 17.2 Å². The van der Waals surface area contributed by atoms with Gasteiger partial charge in [-0.15, -0.1) is 0 Å². The molecular weight excluding hydrogens is 376 g/mol. The van der Waals surface area contributed by atoms with E-state index in [-0.39, 0.29) is 12.4 Å². The van der Waals surface area contributed by atoms with Crippen LogP contribution in [0.3, 0.4) is 0 Å². The second kappa shape index (κ2) is 9.41. The maximum atomic E-state index is 11.8. The summed E-state index contributed by atoms with van der Waals surface area (Å²) >= 11 is 0. The number of aliphatic hydroxyl groups excluding tert-OH is 1. The van der Waals surface area contributed by atoms with Gasteiger partial charge >= 0.3 is 0 Å². The molecule has 0 aromatic heterocycles. The number of β-amino-alcohol motifs (C(OH)–C–C–N with tert-alkyl or cyclic N) is 1. The summed E-state index contributed by atoms with van der Waals surface area (Å²) in [7, 11) is -3.21. The van der Waals surface area contributed by atoms with E-state index >= 15 is 0 Å². The Hall–Kier alpha value is -2.09. The minimum Gasteiger partial charge on any atom is -0.491 e. The van der Waals surface area contributed by atoms with Crippen LogP contribution in [0, 0.1) is 0 Å². The van der Waals surface area contributed by atoms with Crippen molar-refractivity contribution in [3.8, 4) is 5.75 Å². The molecule has 1 aliphatic rings. The van der Waals surface area contributed by atoms with Crippen molar-refractivity contribution in [3.05, 3.63) is 54.6 Å². The molecule has 0 bridgehead atoms. The maximum Gasteiger partial charge on any atom is 0.178 e. The van der Waals surface area contributed by atoms with Crippen LogP contribution >= 0.6 is 0 Å². The van der Waals surface area contributed by atoms with Gasteiger partial charge in [0.2, 0.25) is 0 Å². The predicted octanol–water partition coefficient (Wildman–Crippen LogP) is 2.04. The molecule has 2 aromatic carbocycles. The summed E-state index contributed by atoms with van der Waals surface area (Å²) in [5.74, 6) is 0.631. The smallest absolute Gasteiger partial charge is 0.178 e. The van der Waals surface area contributed by atoms with Crippen molar-refractivity contribution in [2.45, 2.75) is 17.9 Å². The fraction of sp³-hybridized carbons (Fsp3) is 0.429. The van der Waals surface area contributed by atoms with Crippen molar-refractivity contribution < 1.29 is 18.3 Å². The van der Waals surface area contributed by atoms with Crippen LogP contribution in [0.15, 0.2) is 59.5 Å². The first kappa shape index (κ1) is 20.6. The first-order chi connectivity index (χ1) is 13.5. The average Bonchev–Trinajstić information content (AvgIpc) is 2.74. The van der Waals surface area contributed by atoms with Crippen LogP contribution in [-0.4, -0.2) is 69.6 Å². The molecule has 0 spiro atoms. The lowest BCUT2D eigenvalue weighted by molar-refractivity contribution is 0.0663. The maximum absolute atomic E-state index is 11.8. The van der Waals surface area contributed by atoms with Crippen molar-refractivity contribution in [2.75, 3.05) is 50.0 Å². The molecule has 0 radical (unpaired) electrons. The number of ether oxygens (including phenoxy) is 1. The van der Waals surface area contributed by atoms with E-state index in [1.54, 1.807) is 31.2 Å². The lowest BCUT2D eigenvalue weighted by atomic mass is 10.2. The van der Waals surface area contributed by atoms with Gasteiger partial charge in [0.25, 0.3) is 0 Å². The second-order valence-electron chi connectivity index (χ2n) is 6.96. The molecule has 1 heterocycles. The molecule has 0 amide bonds. The van der Waals surface area contributed by atoms with Crippen molar-refractivity contribution in [2.24, 2.45) is 0 Å². The van der Waals surface area contributed by atoms with Crippen LogP contribution in [0.5, 0.6) is 5.75 Å². The van der Waals surface area contributed by atoms with Crippen molar-refractivity contribution >= 4 is 15.5 Å². The molecule has 1 fully saturated rings. The highest BCUT2D eigenvalue weighted by Gasteiger charge is 2.19. The fourth-order valence-electron chi connectivity index (χ4n) is 3.28. The Labute approximate surface area is 167 Å². The number of rotatable bonds is 8. The summed E-state index contributed by atoms with van der Waals surface area (Å²) in [6.07, 6.45) is -0.595. The van der Waals surface area contributed by atoms with Crippen LogP contribution in [-0.2, 0) is 9.84 Å². The summed E-state index contributed by atoms with van der Waals surface area (Å²) in [6, 6.07) is 16.7. The second-order valence-corrected chi connectivity index (χ2v) is 9.24. The summed E-state index contributed by atoms with van der Waals surface area (Å²) < 4.78 is 29.3. The Balaban J connectivity index is 1.42. The molecular formula is C21H28N2O4S. The van der Waals surface area contributed by atoms with Crippen LogP contribution in [0.25, 0.3) is 0 Å². The lowest BCUT2D eigenvalue weighted by Gasteiger charge is -2.36. The van der Waals surface area contributed by atoms with E-state index in [1.807, 2.05) is 18.2 Å². The molecule has 0 saturated carbocycles. The number of aliphatic hydroxyl groups is 1. The van der Waals surface area contributed by atoms with Crippen LogP contribution in [0.2, 0.25) is 0 Å². The van der Waals surface area contributed by atoms with Crippen LogP contribution in [0.1, 0.15) is 6.92 Å². The van der Waals surface area contributed by atoms with Crippen LogP contribution in [0.4, 0.5) is 5.69 Å². The number of sulfone groups is 1. The number of hydrogen-bond donors (Lipinski definition) is 1. The van der Waals surface area contributed by atoms with Crippen LogP contribution < -0.4 is 9.64 Å². The number of anilines is 1. The van der Waals surface area contributed by atoms with E-state index in [2.05, 4.69) is 21.9 Å². The Bertz CT molecular complexity index is 832. The SMILES string of the molecule is CCS(=O)(=O)c1ccc(OCC(O)CN2CCN(c3ccccc3)CC2)cc1.